The molecule has 0 bridgehead atoms. The van der Waals surface area contributed by atoms with E-state index in [1.807, 2.05) is 12.1 Å². The monoisotopic (exact) mass is 275 g/mol. The van der Waals surface area contributed by atoms with Crippen LogP contribution in [0.3, 0.4) is 0 Å². The molecule has 0 N–H and O–H groups in total. The van der Waals surface area contributed by atoms with Crippen LogP contribution in [0.4, 0.5) is 0 Å². The van der Waals surface area contributed by atoms with Crippen molar-refractivity contribution in [1.29, 1.82) is 0 Å². The Bertz CT molecular complexity index is 774. The fourth-order valence-corrected chi connectivity index (χ4v) is 1.96. The number of nitrogens with zero attached hydrogens (tertiary/aromatic N) is 5. The van der Waals surface area contributed by atoms with Gasteiger partial charge in [-0.3, -0.25) is 4.57 Å². The summed E-state index contributed by atoms with van der Waals surface area (Å²) in [6.45, 7) is 0. The fourth-order valence-electron chi connectivity index (χ4n) is 1.83. The van der Waals surface area contributed by atoms with Gasteiger partial charge in [0.15, 0.2) is 17.5 Å². The molecule has 1 aromatic carbocycles. The molecule has 1 aromatic rings. The zero-order valence-corrected chi connectivity index (χ0v) is 11.1. The minimum atomic E-state index is -0.340. The first-order valence-corrected chi connectivity index (χ1v) is 5.98. The van der Waals surface area contributed by atoms with Gasteiger partial charge in [0.05, 0.1) is 0 Å². The van der Waals surface area contributed by atoms with Crippen molar-refractivity contribution >= 4 is 11.6 Å². The third kappa shape index (κ3) is 1.90. The molecule has 6 nitrogen and oxygen atoms in total. The summed E-state index contributed by atoms with van der Waals surface area (Å²) in [6.07, 6.45) is 0. The normalized spacial score (nSPS) is 11.1. The molecule has 2 aliphatic rings. The highest BCUT2D eigenvalue weighted by Gasteiger charge is 2.18. The maximum atomic E-state index is 11.5. The summed E-state index contributed by atoms with van der Waals surface area (Å²) in [5.74, 6) is 1.49. The minimum absolute atomic E-state index is 0.340. The number of aromatic nitrogens is 5. The molecule has 0 spiro atoms. The summed E-state index contributed by atoms with van der Waals surface area (Å²) >= 11 is 5.85. The van der Waals surface area contributed by atoms with Crippen molar-refractivity contribution in [3.63, 3.8) is 0 Å². The van der Waals surface area contributed by atoms with E-state index in [0.29, 0.717) is 22.5 Å². The van der Waals surface area contributed by atoms with Crippen LogP contribution in [0, 0.1) is 0 Å². The molecule has 0 aliphatic carbocycles. The maximum absolute atomic E-state index is 11.5. The Morgan fingerprint density at radius 1 is 1.05 bits per heavy atom. The molecule has 96 valence electrons. The van der Waals surface area contributed by atoms with Crippen molar-refractivity contribution in [2.75, 3.05) is 0 Å². The van der Waals surface area contributed by atoms with E-state index in [-0.39, 0.29) is 5.69 Å². The number of fused-ring (bicyclic) bond motifs is 1. The maximum Gasteiger partial charge on any atom is 0.351 e. The molecule has 0 saturated heterocycles. The highest BCUT2D eigenvalue weighted by molar-refractivity contribution is 6.30. The van der Waals surface area contributed by atoms with Gasteiger partial charge in [0, 0.05) is 24.7 Å². The zero-order valence-electron chi connectivity index (χ0n) is 10.3. The van der Waals surface area contributed by atoms with Crippen LogP contribution < -0.4 is 5.69 Å². The number of hydrogen-bond donors (Lipinski definition) is 0. The van der Waals surface area contributed by atoms with Crippen molar-refractivity contribution in [3.05, 3.63) is 39.8 Å². The Labute approximate surface area is 113 Å². The van der Waals surface area contributed by atoms with Crippen molar-refractivity contribution in [2.45, 2.75) is 0 Å². The Kier molecular flexibility index (Phi) is 2.60. The second-order valence-corrected chi connectivity index (χ2v) is 4.60. The van der Waals surface area contributed by atoms with Gasteiger partial charge >= 0.3 is 5.69 Å². The number of imidazole rings is 1. The second kappa shape index (κ2) is 4.17. The molecule has 7 heteroatoms. The lowest BCUT2D eigenvalue weighted by Crippen LogP contribution is -2.12. The summed E-state index contributed by atoms with van der Waals surface area (Å²) in [5, 5.41) is 4.95. The number of hydrogen-bond acceptors (Lipinski definition) is 4. The molecule has 2 heterocycles. The van der Waals surface area contributed by atoms with Gasteiger partial charge in [-0.15, -0.1) is 0 Å². The van der Waals surface area contributed by atoms with E-state index >= 15 is 0 Å². The molecular weight excluding hydrogens is 266 g/mol. The largest absolute Gasteiger partial charge is 0.351 e. The van der Waals surface area contributed by atoms with Crippen LogP contribution >= 0.6 is 11.6 Å². The van der Waals surface area contributed by atoms with Crippen LogP contribution in [-0.4, -0.2) is 24.3 Å². The number of halogens is 1. The first-order valence-electron chi connectivity index (χ1n) is 5.60. The van der Waals surface area contributed by atoms with Gasteiger partial charge < -0.3 is 0 Å². The summed E-state index contributed by atoms with van der Waals surface area (Å²) in [4.78, 5) is 19.8. The quantitative estimate of drug-likeness (QED) is 0.672. The summed E-state index contributed by atoms with van der Waals surface area (Å²) in [6, 6.07) is 7.20. The predicted octanol–water partition coefficient (Wildman–Crippen LogP) is 1.33. The lowest BCUT2D eigenvalue weighted by molar-refractivity contribution is 0.714. The van der Waals surface area contributed by atoms with E-state index < -0.39 is 0 Å². The van der Waals surface area contributed by atoms with E-state index in [9.17, 15) is 4.79 Å². The molecule has 0 atom stereocenters. The van der Waals surface area contributed by atoms with Gasteiger partial charge in [0.2, 0.25) is 0 Å². The molecule has 0 saturated carbocycles. The van der Waals surface area contributed by atoms with Crippen molar-refractivity contribution in [3.8, 4) is 23.0 Å². The van der Waals surface area contributed by atoms with Gasteiger partial charge in [-0.1, -0.05) is 11.6 Å². The summed E-state index contributed by atoms with van der Waals surface area (Å²) in [7, 11) is 3.37. The molecule has 0 fully saturated rings. The number of aryl methyl sites for hydroxylation is 1. The van der Waals surface area contributed by atoms with Crippen LogP contribution in [0.15, 0.2) is 29.1 Å². The summed E-state index contributed by atoms with van der Waals surface area (Å²) in [5.41, 5.74) is 0.490. The third-order valence-corrected chi connectivity index (χ3v) is 3.12. The molecule has 2 aliphatic heterocycles. The van der Waals surface area contributed by atoms with Crippen LogP contribution in [-0.2, 0) is 14.1 Å². The van der Waals surface area contributed by atoms with E-state index in [4.69, 9.17) is 11.6 Å². The van der Waals surface area contributed by atoms with E-state index in [1.54, 1.807) is 30.9 Å². The number of benzene rings is 1. The van der Waals surface area contributed by atoms with Crippen LogP contribution in [0.2, 0.25) is 5.02 Å². The molecule has 0 unspecified atom stereocenters. The Balaban J connectivity index is 2.26. The highest BCUT2D eigenvalue weighted by Crippen LogP contribution is 2.21. The first kappa shape index (κ1) is 11.9. The van der Waals surface area contributed by atoms with Crippen molar-refractivity contribution < 1.29 is 0 Å². The smallest absolute Gasteiger partial charge is 0.276 e. The van der Waals surface area contributed by atoms with Gasteiger partial charge in [-0.2, -0.15) is 10.1 Å². The Morgan fingerprint density at radius 3 is 2.42 bits per heavy atom. The highest BCUT2D eigenvalue weighted by atomic mass is 35.5. The van der Waals surface area contributed by atoms with E-state index in [2.05, 4.69) is 15.1 Å². The first-order chi connectivity index (χ1) is 9.06. The molecule has 19 heavy (non-hydrogen) atoms. The molecular formula is C12H10ClN5O. The molecule has 0 radical (unpaired) electrons. The lowest BCUT2D eigenvalue weighted by atomic mass is 10.2. The van der Waals surface area contributed by atoms with Crippen molar-refractivity contribution in [1.82, 2.24) is 24.3 Å². The SMILES string of the molecule is Cn1nc(-c2ccc(Cl)cc2)nc2n(C)c(=O)nc1-2. The Morgan fingerprint density at radius 2 is 1.74 bits per heavy atom. The molecule has 0 aromatic heterocycles. The van der Waals surface area contributed by atoms with Crippen LogP contribution in [0.5, 0.6) is 0 Å². The Hall–Kier alpha value is -2.21. The third-order valence-electron chi connectivity index (χ3n) is 2.87. The molecule has 0 amide bonds. The average Bonchev–Trinajstić information content (AvgIpc) is 2.68. The average molecular weight is 276 g/mol. The summed E-state index contributed by atoms with van der Waals surface area (Å²) < 4.78 is 2.95. The standard InChI is InChI=1S/C12H10ClN5O/c1-17-10-11(15-12(17)19)18(2)16-9(14-10)7-3-5-8(13)6-4-7/h3-6H,1-2H3. The second-order valence-electron chi connectivity index (χ2n) is 4.17. The minimum Gasteiger partial charge on any atom is -0.276 e. The van der Waals surface area contributed by atoms with Gasteiger partial charge in [0.1, 0.15) is 0 Å². The van der Waals surface area contributed by atoms with E-state index in [0.717, 1.165) is 5.56 Å². The number of rotatable bonds is 1. The molecule has 3 rings (SSSR count). The van der Waals surface area contributed by atoms with Crippen molar-refractivity contribution in [2.24, 2.45) is 14.1 Å². The van der Waals surface area contributed by atoms with Gasteiger partial charge in [-0.25, -0.2) is 14.5 Å². The lowest BCUT2D eigenvalue weighted by Gasteiger charge is -2.08. The van der Waals surface area contributed by atoms with Gasteiger partial charge in [-0.05, 0) is 24.3 Å². The predicted molar refractivity (Wildman–Crippen MR) is 71.1 cm³/mol. The topological polar surface area (TPSA) is 65.6 Å². The van der Waals surface area contributed by atoms with Gasteiger partial charge in [0.25, 0.3) is 0 Å². The van der Waals surface area contributed by atoms with Crippen LogP contribution in [0.25, 0.3) is 23.0 Å². The van der Waals surface area contributed by atoms with E-state index in [1.165, 1.54) is 4.57 Å². The van der Waals surface area contributed by atoms with Crippen LogP contribution in [0.1, 0.15) is 0 Å². The fraction of sp³-hybridized carbons (Fsp3) is 0.167. The zero-order chi connectivity index (χ0) is 13.6.